The molecule has 0 fully saturated rings. The van der Waals surface area contributed by atoms with Crippen molar-refractivity contribution < 1.29 is 18.9 Å². The van der Waals surface area contributed by atoms with E-state index in [4.69, 9.17) is 0 Å². The molecule has 0 aromatic heterocycles. The first kappa shape index (κ1) is 53.3. The maximum absolute atomic E-state index is 3.12. The van der Waals surface area contributed by atoms with E-state index in [1.54, 1.807) is 0 Å². The summed E-state index contributed by atoms with van der Waals surface area (Å²) in [5.74, 6) is 0. The summed E-state index contributed by atoms with van der Waals surface area (Å²) in [5.41, 5.74) is 1.84. The van der Waals surface area contributed by atoms with Crippen LogP contribution in [-0.4, -0.2) is 95.3 Å². The van der Waals surface area contributed by atoms with Gasteiger partial charge in [0.15, 0.2) is 0 Å². The molecule has 0 aromatic rings. The smallest absolute Gasteiger partial charge is 0.460 e. The molecule has 0 aliphatic heterocycles. The Balaban J connectivity index is 0. The van der Waals surface area contributed by atoms with Gasteiger partial charge in [-0.15, -0.1) is 7.59 Å². The van der Waals surface area contributed by atoms with Crippen molar-refractivity contribution in [2.75, 3.05) is 0 Å². The van der Waals surface area contributed by atoms with Gasteiger partial charge < -0.3 is 8.13 Å². The van der Waals surface area contributed by atoms with Gasteiger partial charge in [-0.1, -0.05) is 222 Å². The SMILES string of the molecule is CC(C)[Si]([Si-]=[Si](C)[Si](C(C)C)(C([Si](C)(C)C)[Si](C)(C)C)C([Si](C)(C)C)[Si](C)(C)C)(C([Si](C)(C)C)[Si](C)(C)C)C([Si](C)(C)C)[Si](C)(C)C.[Li+]. The van der Waals surface area contributed by atoms with Crippen molar-refractivity contribution in [3.05, 3.63) is 0 Å². The van der Waals surface area contributed by atoms with Crippen LogP contribution < -0.4 is 18.9 Å². The molecule has 0 saturated heterocycles. The predicted octanol–water partition coefficient (Wildman–Crippen LogP) is 11.1. The minimum absolute atomic E-state index is 0. The number of rotatable bonds is 16. The maximum atomic E-state index is 3.12. The Morgan fingerprint density at radius 3 is 0.646 bits per heavy atom. The molecule has 48 heavy (non-hydrogen) atoms. The zero-order chi connectivity index (χ0) is 38.7. The zero-order valence-corrected chi connectivity index (χ0v) is 51.5. The molecular formula is C35H93LiSi12. The maximum Gasteiger partial charge on any atom is 1.00 e. The summed E-state index contributed by atoms with van der Waals surface area (Å²) in [5, 5.41) is 0. The van der Waals surface area contributed by atoms with E-state index in [1.807, 2.05) is 0 Å². The van der Waals surface area contributed by atoms with Crippen LogP contribution in [0.3, 0.4) is 0 Å². The van der Waals surface area contributed by atoms with E-state index >= 15 is 0 Å². The van der Waals surface area contributed by atoms with E-state index in [-0.39, 0.29) is 18.9 Å². The fraction of sp³-hybridized carbons (Fsp3) is 1.00. The molecule has 0 rings (SSSR count). The summed E-state index contributed by atoms with van der Waals surface area (Å²) in [7, 11) is -14.5. The summed E-state index contributed by atoms with van der Waals surface area (Å²) in [4.78, 5) is 4.51. The first-order valence-corrected chi connectivity index (χ1v) is 58.7. The Hall–Kier alpha value is 3.20. The molecule has 0 aromatic carbocycles. The molecule has 0 aliphatic rings. The van der Waals surface area contributed by atoms with Crippen LogP contribution in [0.1, 0.15) is 27.7 Å². The van der Waals surface area contributed by atoms with Crippen molar-refractivity contribution >= 4 is 95.3 Å². The molecule has 13 heteroatoms. The molecule has 0 atom stereocenters. The average molecular weight is 858 g/mol. The molecule has 0 N–H and O–H groups in total. The molecule has 0 aliphatic carbocycles. The van der Waals surface area contributed by atoms with E-state index in [9.17, 15) is 0 Å². The minimum atomic E-state index is -1.80. The largest absolute Gasteiger partial charge is 1.00 e. The van der Waals surface area contributed by atoms with Crippen LogP contribution in [0.4, 0.5) is 0 Å². The van der Waals surface area contributed by atoms with Crippen LogP contribution in [0.2, 0.25) is 194 Å². The van der Waals surface area contributed by atoms with Crippen molar-refractivity contribution in [3.63, 3.8) is 0 Å². The van der Waals surface area contributed by atoms with Crippen molar-refractivity contribution in [3.8, 4) is 0 Å². The molecule has 0 radical (unpaired) electrons. The second-order valence-corrected chi connectivity index (χ2v) is 99.0. The molecule has 0 spiro atoms. The Morgan fingerprint density at radius 2 is 0.521 bits per heavy atom. The van der Waals surface area contributed by atoms with E-state index in [0.29, 0.717) is 0 Å². The molecule has 0 saturated carbocycles. The average Bonchev–Trinajstić information content (AvgIpc) is 2.63. The molecule has 0 heterocycles. The Labute approximate surface area is 332 Å². The van der Waals surface area contributed by atoms with Crippen LogP contribution in [0, 0.1) is 0 Å². The molecule has 0 unspecified atom stereocenters. The van der Waals surface area contributed by atoms with E-state index in [2.05, 4.69) is 191 Å². The Morgan fingerprint density at radius 1 is 0.333 bits per heavy atom. The van der Waals surface area contributed by atoms with Gasteiger partial charge in [-0.25, -0.2) is 7.41 Å². The number of hydrogen-bond acceptors (Lipinski definition) is 0. The molecular weight excluding hydrogens is 764 g/mol. The normalized spacial score (nSPS) is 16.3. The van der Waals surface area contributed by atoms with Crippen molar-refractivity contribution in [1.82, 2.24) is 0 Å². The second-order valence-electron chi connectivity index (χ2n) is 25.6. The van der Waals surface area contributed by atoms with Gasteiger partial charge in [-0.3, -0.25) is 0 Å². The Bertz CT molecular complexity index is 941. The monoisotopic (exact) mass is 856 g/mol. The van der Waals surface area contributed by atoms with Gasteiger partial charge in [0.25, 0.3) is 0 Å². The molecule has 0 nitrogen and oxygen atoms in total. The van der Waals surface area contributed by atoms with E-state index in [1.165, 1.54) is 8.13 Å². The van der Waals surface area contributed by atoms with Gasteiger partial charge >= 0.3 is 18.9 Å². The summed E-state index contributed by atoms with van der Waals surface area (Å²) < 4.78 is 0. The third kappa shape index (κ3) is 11.9. The van der Waals surface area contributed by atoms with Gasteiger partial charge in [0, 0.05) is 72.2 Å². The predicted molar refractivity (Wildman–Crippen MR) is 261 cm³/mol. The first-order chi connectivity index (χ1) is 20.0. The van der Waals surface area contributed by atoms with Crippen molar-refractivity contribution in [2.45, 2.75) is 222 Å². The van der Waals surface area contributed by atoms with Crippen molar-refractivity contribution in [2.24, 2.45) is 0 Å². The molecule has 0 amide bonds. The summed E-state index contributed by atoms with van der Waals surface area (Å²) >= 11 is 0. The van der Waals surface area contributed by atoms with Crippen LogP contribution in [0.25, 0.3) is 0 Å². The molecule has 0 bridgehead atoms. The Kier molecular flexibility index (Phi) is 18.6. The standard InChI is InChI=1S/C35H93Si12.Li/c1-30(2)46(32(38(6,7)8)39(9,10)11,33(40(12,13)14)41(15,16)17)36-37(5)47(31(3)4,34(42(18,19)20)43(21,22)23)35(44(24,25)26)45(27,28)29;/h30-35H,1-29H3;/q-1;+1. The van der Waals surface area contributed by atoms with Crippen LogP contribution in [0.5, 0.6) is 0 Å². The quantitative estimate of drug-likeness (QED) is 0.136. The third-order valence-corrected chi connectivity index (χ3v) is 123. The van der Waals surface area contributed by atoms with Gasteiger partial charge in [-0.2, -0.15) is 0 Å². The van der Waals surface area contributed by atoms with Gasteiger partial charge in [-0.05, 0) is 0 Å². The zero-order valence-electron chi connectivity index (χ0n) is 39.5. The van der Waals surface area contributed by atoms with E-state index in [0.717, 1.165) is 30.2 Å². The van der Waals surface area contributed by atoms with E-state index < -0.39 is 87.2 Å². The fourth-order valence-corrected chi connectivity index (χ4v) is 215. The first-order valence-electron chi connectivity index (χ1n) is 19.6. The van der Waals surface area contributed by atoms with Crippen LogP contribution in [0.15, 0.2) is 0 Å². The van der Waals surface area contributed by atoms with Crippen LogP contribution in [-0.2, 0) is 0 Å². The topological polar surface area (TPSA) is 0 Å². The van der Waals surface area contributed by atoms with Gasteiger partial charge in [0.2, 0.25) is 0 Å². The molecule has 282 valence electrons. The third-order valence-electron chi connectivity index (χ3n) is 11.8. The number of hydrogen-bond donors (Lipinski definition) is 0. The van der Waals surface area contributed by atoms with Crippen molar-refractivity contribution in [1.29, 1.82) is 0 Å². The summed E-state index contributed by atoms with van der Waals surface area (Å²) in [6.07, 6.45) is 0. The van der Waals surface area contributed by atoms with Gasteiger partial charge in [0.1, 0.15) is 0 Å². The second kappa shape index (κ2) is 16.7. The van der Waals surface area contributed by atoms with Crippen LogP contribution >= 0.6 is 0 Å². The minimum Gasteiger partial charge on any atom is -0.460 e. The summed E-state index contributed by atoms with van der Waals surface area (Å²) in [6.45, 7) is 83.4. The summed E-state index contributed by atoms with van der Waals surface area (Å²) in [6, 6.07) is 0. The van der Waals surface area contributed by atoms with Gasteiger partial charge in [0.05, 0.1) is 0 Å². The fourth-order valence-electron chi connectivity index (χ4n) is 14.2.